The third kappa shape index (κ3) is 6.00. The summed E-state index contributed by atoms with van der Waals surface area (Å²) in [4.78, 5) is 7.75. The van der Waals surface area contributed by atoms with Gasteiger partial charge in [0.25, 0.3) is 0 Å². The standard InChI is InChI=1S/C14H24N2O8/c1-7(11(19)5-17)23-13(21)9-3-16-10(4-15-9)14(22)24-8(2)12(20)6-18/h3-4,7-8,11-14,17-22H,5-6H2,1-2H3. The lowest BCUT2D eigenvalue weighted by Crippen LogP contribution is -2.31. The Kier molecular flexibility index (Phi) is 8.59. The number of aliphatic hydroxyl groups excluding tert-OH is 6. The second-order valence-electron chi connectivity index (χ2n) is 5.25. The number of hydrogen-bond acceptors (Lipinski definition) is 10. The van der Waals surface area contributed by atoms with Crippen molar-refractivity contribution < 1.29 is 40.1 Å². The molecule has 0 aromatic carbocycles. The minimum absolute atomic E-state index is 0.0337. The molecule has 1 heterocycles. The lowest BCUT2D eigenvalue weighted by molar-refractivity contribution is -0.172. The van der Waals surface area contributed by atoms with Crippen LogP contribution < -0.4 is 0 Å². The van der Waals surface area contributed by atoms with Crippen LogP contribution in [0.5, 0.6) is 0 Å². The minimum atomic E-state index is -1.48. The van der Waals surface area contributed by atoms with E-state index in [-0.39, 0.29) is 11.4 Å². The van der Waals surface area contributed by atoms with Gasteiger partial charge in [0.05, 0.1) is 37.8 Å². The topological polar surface area (TPSA) is 166 Å². The predicted octanol–water partition coefficient (Wildman–Crippen LogP) is -2.02. The van der Waals surface area contributed by atoms with Crippen LogP contribution in [0.15, 0.2) is 12.4 Å². The van der Waals surface area contributed by atoms with Gasteiger partial charge in [-0.3, -0.25) is 9.97 Å². The molecular formula is C14H24N2O8. The minimum Gasteiger partial charge on any atom is -0.394 e. The molecule has 0 radical (unpaired) electrons. The highest BCUT2D eigenvalue weighted by atomic mass is 16.6. The van der Waals surface area contributed by atoms with Gasteiger partial charge in [0.1, 0.15) is 23.6 Å². The monoisotopic (exact) mass is 348 g/mol. The van der Waals surface area contributed by atoms with Crippen molar-refractivity contribution in [3.63, 3.8) is 0 Å². The van der Waals surface area contributed by atoms with Crippen molar-refractivity contribution in [2.24, 2.45) is 0 Å². The van der Waals surface area contributed by atoms with E-state index in [9.17, 15) is 20.4 Å². The highest BCUT2D eigenvalue weighted by Crippen LogP contribution is 2.18. The molecule has 1 rings (SSSR count). The maximum atomic E-state index is 9.84. The summed E-state index contributed by atoms with van der Waals surface area (Å²) in [5, 5.41) is 56.0. The lowest BCUT2D eigenvalue weighted by atomic mass is 10.2. The van der Waals surface area contributed by atoms with Gasteiger partial charge >= 0.3 is 0 Å². The molecule has 138 valence electrons. The zero-order chi connectivity index (χ0) is 18.3. The Bertz CT molecular complexity index is 431. The van der Waals surface area contributed by atoms with Crippen molar-refractivity contribution >= 4 is 0 Å². The molecule has 0 aliphatic rings. The van der Waals surface area contributed by atoms with E-state index in [0.717, 1.165) is 12.4 Å². The van der Waals surface area contributed by atoms with Crippen molar-refractivity contribution in [3.8, 4) is 0 Å². The van der Waals surface area contributed by atoms with E-state index in [0.29, 0.717) is 0 Å². The van der Waals surface area contributed by atoms with Crippen LogP contribution in [0.3, 0.4) is 0 Å². The van der Waals surface area contributed by atoms with Gasteiger partial charge in [0.15, 0.2) is 12.6 Å². The molecule has 6 atom stereocenters. The number of hydrogen-bond donors (Lipinski definition) is 6. The van der Waals surface area contributed by atoms with Gasteiger partial charge in [-0.1, -0.05) is 0 Å². The van der Waals surface area contributed by atoms with Gasteiger partial charge in [-0.2, -0.15) is 0 Å². The molecule has 0 saturated heterocycles. The van der Waals surface area contributed by atoms with E-state index in [1.54, 1.807) is 0 Å². The Balaban J connectivity index is 2.64. The van der Waals surface area contributed by atoms with E-state index < -0.39 is 50.2 Å². The fourth-order valence-electron chi connectivity index (χ4n) is 1.63. The second kappa shape index (κ2) is 9.91. The van der Waals surface area contributed by atoms with E-state index in [4.69, 9.17) is 19.7 Å². The third-order valence-corrected chi connectivity index (χ3v) is 3.34. The van der Waals surface area contributed by atoms with Gasteiger partial charge in [0.2, 0.25) is 0 Å². The van der Waals surface area contributed by atoms with E-state index in [2.05, 4.69) is 9.97 Å². The molecule has 0 fully saturated rings. The lowest BCUT2D eigenvalue weighted by Gasteiger charge is -2.22. The number of ether oxygens (including phenoxy) is 2. The molecule has 0 saturated carbocycles. The van der Waals surface area contributed by atoms with Crippen LogP contribution in [0.25, 0.3) is 0 Å². The van der Waals surface area contributed by atoms with Gasteiger partial charge in [-0.15, -0.1) is 0 Å². The molecule has 0 aliphatic heterocycles. The molecule has 0 bridgehead atoms. The number of nitrogens with zero attached hydrogens (tertiary/aromatic N) is 2. The summed E-state index contributed by atoms with van der Waals surface area (Å²) in [7, 11) is 0. The summed E-state index contributed by atoms with van der Waals surface area (Å²) in [6, 6.07) is 0. The molecular weight excluding hydrogens is 324 g/mol. The average Bonchev–Trinajstić information content (AvgIpc) is 2.59. The largest absolute Gasteiger partial charge is 0.394 e. The fourth-order valence-corrected chi connectivity index (χ4v) is 1.63. The van der Waals surface area contributed by atoms with Crippen molar-refractivity contribution in [3.05, 3.63) is 23.8 Å². The molecule has 24 heavy (non-hydrogen) atoms. The smallest absolute Gasteiger partial charge is 0.200 e. The Morgan fingerprint density at radius 3 is 1.38 bits per heavy atom. The molecule has 1 aromatic heterocycles. The molecule has 10 heteroatoms. The molecule has 0 spiro atoms. The van der Waals surface area contributed by atoms with Crippen LogP contribution in [0.2, 0.25) is 0 Å². The average molecular weight is 348 g/mol. The van der Waals surface area contributed by atoms with E-state index >= 15 is 0 Å². The summed E-state index contributed by atoms with van der Waals surface area (Å²) in [6.07, 6.45) is -4.62. The summed E-state index contributed by atoms with van der Waals surface area (Å²) in [5.74, 6) is 0. The third-order valence-electron chi connectivity index (χ3n) is 3.34. The molecule has 0 aliphatic carbocycles. The second-order valence-corrected chi connectivity index (χ2v) is 5.25. The Labute approximate surface area is 139 Å². The van der Waals surface area contributed by atoms with Gasteiger partial charge < -0.3 is 40.1 Å². The summed E-state index contributed by atoms with van der Waals surface area (Å²) < 4.78 is 10.2. The van der Waals surface area contributed by atoms with Crippen LogP contribution in [0.4, 0.5) is 0 Å². The molecule has 6 N–H and O–H groups in total. The van der Waals surface area contributed by atoms with Crippen molar-refractivity contribution in [1.82, 2.24) is 9.97 Å². The SMILES string of the molecule is CC(OC(O)c1cnc(C(O)OC(C)C(O)CO)cn1)C(O)CO. The van der Waals surface area contributed by atoms with Gasteiger partial charge in [-0.25, -0.2) is 0 Å². The highest BCUT2D eigenvalue weighted by Gasteiger charge is 2.22. The van der Waals surface area contributed by atoms with E-state index in [1.165, 1.54) is 13.8 Å². The van der Waals surface area contributed by atoms with Crippen LogP contribution >= 0.6 is 0 Å². The van der Waals surface area contributed by atoms with Crippen molar-refractivity contribution in [1.29, 1.82) is 0 Å². The van der Waals surface area contributed by atoms with Crippen LogP contribution in [0.1, 0.15) is 37.8 Å². The molecule has 0 amide bonds. The Hall–Kier alpha value is -1.24. The number of aromatic nitrogens is 2. The first-order valence-electron chi connectivity index (χ1n) is 7.36. The summed E-state index contributed by atoms with van der Waals surface area (Å²) >= 11 is 0. The zero-order valence-electron chi connectivity index (χ0n) is 13.4. The quantitative estimate of drug-likeness (QED) is 0.260. The van der Waals surface area contributed by atoms with Crippen LogP contribution in [0, 0.1) is 0 Å². The number of rotatable bonds is 10. The van der Waals surface area contributed by atoms with Crippen molar-refractivity contribution in [2.75, 3.05) is 13.2 Å². The van der Waals surface area contributed by atoms with Gasteiger partial charge in [-0.05, 0) is 13.8 Å². The summed E-state index contributed by atoms with van der Waals surface area (Å²) in [6.45, 7) is 1.91. The summed E-state index contributed by atoms with van der Waals surface area (Å²) in [5.41, 5.74) is 0.0674. The zero-order valence-corrected chi connectivity index (χ0v) is 13.4. The maximum Gasteiger partial charge on any atom is 0.200 e. The normalized spacial score (nSPS) is 19.3. The van der Waals surface area contributed by atoms with Gasteiger partial charge in [0, 0.05) is 0 Å². The number of aliphatic hydroxyl groups is 6. The molecule has 1 aromatic rings. The first-order valence-corrected chi connectivity index (χ1v) is 7.36. The first kappa shape index (κ1) is 20.8. The fraction of sp³-hybridized carbons (Fsp3) is 0.714. The van der Waals surface area contributed by atoms with Crippen molar-refractivity contribution in [2.45, 2.75) is 50.8 Å². The Morgan fingerprint density at radius 2 is 1.12 bits per heavy atom. The van der Waals surface area contributed by atoms with E-state index in [1.807, 2.05) is 0 Å². The highest BCUT2D eigenvalue weighted by molar-refractivity contribution is 5.04. The van der Waals surface area contributed by atoms with Crippen LogP contribution in [-0.4, -0.2) is 78.2 Å². The Morgan fingerprint density at radius 1 is 0.792 bits per heavy atom. The molecule has 10 nitrogen and oxygen atoms in total. The first-order chi connectivity index (χ1) is 11.3. The molecule has 6 unspecified atom stereocenters. The predicted molar refractivity (Wildman–Crippen MR) is 79.2 cm³/mol. The van der Waals surface area contributed by atoms with Crippen LogP contribution in [-0.2, 0) is 9.47 Å². The maximum absolute atomic E-state index is 9.84.